The summed E-state index contributed by atoms with van der Waals surface area (Å²) >= 11 is 0. The summed E-state index contributed by atoms with van der Waals surface area (Å²) in [6.07, 6.45) is 11.1. The Morgan fingerprint density at radius 3 is 2.39 bits per heavy atom. The van der Waals surface area contributed by atoms with E-state index in [0.29, 0.717) is 5.92 Å². The van der Waals surface area contributed by atoms with Gasteiger partial charge in [0.2, 0.25) is 0 Å². The van der Waals surface area contributed by atoms with Gasteiger partial charge < -0.3 is 13.9 Å². The smallest absolute Gasteiger partial charge is 0.308 e. The second kappa shape index (κ2) is 13.4. The van der Waals surface area contributed by atoms with Gasteiger partial charge in [0.25, 0.3) is 0 Å². The molecule has 0 amide bonds. The summed E-state index contributed by atoms with van der Waals surface area (Å²) in [5, 5.41) is -0.0489. The number of methoxy groups -OCH3 is 1. The molecule has 7 atom stereocenters. The van der Waals surface area contributed by atoms with Gasteiger partial charge in [-0.1, -0.05) is 72.8 Å². The van der Waals surface area contributed by atoms with Gasteiger partial charge in [-0.15, -0.1) is 0 Å². The Labute approximate surface area is 231 Å². The molecule has 0 aromatic carbocycles. The van der Waals surface area contributed by atoms with E-state index >= 15 is 0 Å². The number of ether oxygens (including phenoxy) is 2. The first-order valence-electron chi connectivity index (χ1n) is 14.2. The quantitative estimate of drug-likeness (QED) is 0.161. The Kier molecular flexibility index (Phi) is 11.3. The van der Waals surface area contributed by atoms with Gasteiger partial charge in [-0.2, -0.15) is 0 Å². The maximum atomic E-state index is 13.2. The summed E-state index contributed by atoms with van der Waals surface area (Å²) in [7, 11) is -0.844. The first-order chi connectivity index (χ1) is 17.6. The Bertz CT molecular complexity index is 941. The van der Waals surface area contributed by atoms with Gasteiger partial charge in [0, 0.05) is 12.3 Å². The van der Waals surface area contributed by atoms with E-state index in [-0.39, 0.29) is 65.4 Å². The Morgan fingerprint density at radius 1 is 1.16 bits per heavy atom. The minimum absolute atomic E-state index is 0.0117. The zero-order valence-electron chi connectivity index (χ0n) is 25.2. The molecule has 0 aromatic heterocycles. The summed E-state index contributed by atoms with van der Waals surface area (Å²) in [4.78, 5) is 38.0. The van der Waals surface area contributed by atoms with Crippen molar-refractivity contribution in [3.05, 3.63) is 36.0 Å². The highest BCUT2D eigenvalue weighted by molar-refractivity contribution is 6.74. The second-order valence-corrected chi connectivity index (χ2v) is 17.6. The predicted molar refractivity (Wildman–Crippen MR) is 154 cm³/mol. The van der Waals surface area contributed by atoms with Crippen LogP contribution in [0.25, 0.3) is 0 Å². The summed E-state index contributed by atoms with van der Waals surface area (Å²) < 4.78 is 17.4. The van der Waals surface area contributed by atoms with Gasteiger partial charge in [-0.3, -0.25) is 14.4 Å². The van der Waals surface area contributed by atoms with Crippen LogP contribution in [0.3, 0.4) is 0 Å². The van der Waals surface area contributed by atoms with Crippen molar-refractivity contribution in [1.82, 2.24) is 0 Å². The lowest BCUT2D eigenvalue weighted by atomic mass is 9.66. The standard InChI is InChI=1S/C31H50O6Si/c1-11-21(3)30(34)36-27-17-20(2)16-23-13-12-22(4)26(29(23)27)15-14-24(32)18-25(19-28(33)35-8)37-38(9,10)31(5,6)7/h12-16,20-22,25-27,29H,11,17-19H2,1-10H3/b15-14+/t20-,21+,22+,25-,26+,27+,29+/m1/s1. The number of hydrogen-bond acceptors (Lipinski definition) is 6. The fourth-order valence-electron chi connectivity index (χ4n) is 4.97. The van der Waals surface area contributed by atoms with Crippen molar-refractivity contribution in [3.8, 4) is 0 Å². The van der Waals surface area contributed by atoms with E-state index in [0.717, 1.165) is 12.8 Å². The summed E-state index contributed by atoms with van der Waals surface area (Å²) in [6.45, 7) is 18.8. The highest BCUT2D eigenvalue weighted by atomic mass is 28.4. The molecule has 214 valence electrons. The van der Waals surface area contributed by atoms with Gasteiger partial charge >= 0.3 is 11.9 Å². The van der Waals surface area contributed by atoms with E-state index in [9.17, 15) is 14.4 Å². The van der Waals surface area contributed by atoms with Gasteiger partial charge in [0.1, 0.15) is 6.10 Å². The molecule has 2 aliphatic rings. The van der Waals surface area contributed by atoms with Crippen molar-refractivity contribution in [1.29, 1.82) is 0 Å². The first-order valence-corrected chi connectivity index (χ1v) is 17.1. The zero-order valence-corrected chi connectivity index (χ0v) is 26.2. The molecule has 0 bridgehead atoms. The fourth-order valence-corrected chi connectivity index (χ4v) is 6.32. The van der Waals surface area contributed by atoms with Crippen molar-refractivity contribution in [3.63, 3.8) is 0 Å². The van der Waals surface area contributed by atoms with Crippen LogP contribution in [-0.2, 0) is 28.3 Å². The molecule has 0 unspecified atom stereocenters. The molecular weight excluding hydrogens is 496 g/mol. The van der Waals surface area contributed by atoms with E-state index in [1.54, 1.807) is 6.08 Å². The maximum Gasteiger partial charge on any atom is 0.308 e. The molecular formula is C31H50O6Si. The summed E-state index contributed by atoms with van der Waals surface area (Å²) in [5.41, 5.74) is 1.18. The summed E-state index contributed by atoms with van der Waals surface area (Å²) in [5.74, 6) is -0.216. The molecule has 0 N–H and O–H groups in total. The monoisotopic (exact) mass is 546 g/mol. The lowest BCUT2D eigenvalue weighted by molar-refractivity contribution is -0.158. The predicted octanol–water partition coefficient (Wildman–Crippen LogP) is 6.82. The van der Waals surface area contributed by atoms with Crippen LogP contribution in [0, 0.1) is 29.6 Å². The van der Waals surface area contributed by atoms with Crippen LogP contribution in [0.4, 0.5) is 0 Å². The molecule has 0 spiro atoms. The van der Waals surface area contributed by atoms with Crippen LogP contribution in [0.5, 0.6) is 0 Å². The zero-order chi connectivity index (χ0) is 28.8. The molecule has 6 nitrogen and oxygen atoms in total. The van der Waals surface area contributed by atoms with Crippen molar-refractivity contribution in [2.75, 3.05) is 7.11 Å². The molecule has 0 saturated heterocycles. The molecule has 0 aromatic rings. The number of carbonyl (C=O) groups is 3. The number of hydrogen-bond donors (Lipinski definition) is 0. The van der Waals surface area contributed by atoms with Gasteiger partial charge in [0.15, 0.2) is 14.1 Å². The van der Waals surface area contributed by atoms with Crippen LogP contribution >= 0.6 is 0 Å². The van der Waals surface area contributed by atoms with E-state index in [1.807, 2.05) is 19.9 Å². The lowest BCUT2D eigenvalue weighted by Crippen LogP contribution is -2.45. The average molecular weight is 547 g/mol. The summed E-state index contributed by atoms with van der Waals surface area (Å²) in [6, 6.07) is 0. The minimum atomic E-state index is -2.20. The molecule has 0 saturated carbocycles. The largest absolute Gasteiger partial charge is 0.469 e. The van der Waals surface area contributed by atoms with Crippen LogP contribution in [0.15, 0.2) is 36.0 Å². The fraction of sp³-hybridized carbons (Fsp3) is 0.710. The Hall–Kier alpha value is -1.99. The average Bonchev–Trinajstić information content (AvgIpc) is 2.81. The van der Waals surface area contributed by atoms with Crippen molar-refractivity contribution in [2.45, 2.75) is 104 Å². The van der Waals surface area contributed by atoms with Crippen LogP contribution in [-0.4, -0.2) is 45.4 Å². The lowest BCUT2D eigenvalue weighted by Gasteiger charge is -2.42. The van der Waals surface area contributed by atoms with Gasteiger partial charge in [-0.25, -0.2) is 0 Å². The third-order valence-corrected chi connectivity index (χ3v) is 13.1. The molecule has 2 rings (SSSR count). The van der Waals surface area contributed by atoms with Crippen molar-refractivity contribution >= 4 is 26.0 Å². The molecule has 0 heterocycles. The minimum Gasteiger partial charge on any atom is -0.469 e. The molecule has 38 heavy (non-hydrogen) atoms. The topological polar surface area (TPSA) is 78.9 Å². The highest BCUT2D eigenvalue weighted by Crippen LogP contribution is 2.44. The number of carbonyl (C=O) groups excluding carboxylic acids is 3. The SMILES string of the molecule is CC[C@H](C)C(=O)O[C@H]1C[C@H](C)C=C2C=C[C@H](C)[C@H](/C=C/C(=O)C[C@H](CC(=O)OC)O[Si](C)(C)C(C)(C)C)[C@H]21. The third kappa shape index (κ3) is 8.50. The highest BCUT2D eigenvalue weighted by Gasteiger charge is 2.42. The maximum absolute atomic E-state index is 13.2. The number of ketones is 1. The molecule has 0 fully saturated rings. The van der Waals surface area contributed by atoms with E-state index < -0.39 is 14.4 Å². The molecule has 7 heteroatoms. The third-order valence-electron chi connectivity index (χ3n) is 8.59. The van der Waals surface area contributed by atoms with E-state index in [2.05, 4.69) is 65.9 Å². The molecule has 0 radical (unpaired) electrons. The molecule has 0 aliphatic heterocycles. The number of fused-ring (bicyclic) bond motifs is 1. The Morgan fingerprint density at radius 2 is 1.82 bits per heavy atom. The van der Waals surface area contributed by atoms with E-state index in [4.69, 9.17) is 13.9 Å². The number of esters is 2. The normalized spacial score (nSPS) is 27.3. The van der Waals surface area contributed by atoms with Crippen LogP contribution in [0.1, 0.15) is 74.1 Å². The van der Waals surface area contributed by atoms with Crippen LogP contribution in [0.2, 0.25) is 18.1 Å². The van der Waals surface area contributed by atoms with E-state index in [1.165, 1.54) is 12.7 Å². The van der Waals surface area contributed by atoms with Gasteiger partial charge in [0.05, 0.1) is 25.6 Å². The Balaban J connectivity index is 2.25. The van der Waals surface area contributed by atoms with Crippen LogP contribution < -0.4 is 0 Å². The number of rotatable bonds is 11. The first kappa shape index (κ1) is 32.2. The molecule has 2 aliphatic carbocycles. The van der Waals surface area contributed by atoms with Gasteiger partial charge in [-0.05, 0) is 60.4 Å². The van der Waals surface area contributed by atoms with Crippen molar-refractivity contribution < 1.29 is 28.3 Å². The van der Waals surface area contributed by atoms with Crippen molar-refractivity contribution in [2.24, 2.45) is 29.6 Å². The number of allylic oxidation sites excluding steroid dienone is 5. The second-order valence-electron chi connectivity index (χ2n) is 12.8.